The first-order chi connectivity index (χ1) is 9.28. The van der Waals surface area contributed by atoms with Crippen LogP contribution in [0.1, 0.15) is 26.2 Å². The lowest BCUT2D eigenvalue weighted by Gasteiger charge is -2.13. The summed E-state index contributed by atoms with van der Waals surface area (Å²) in [6.45, 7) is 0. The Kier molecular flexibility index (Phi) is 4.70. The Labute approximate surface area is 134 Å². The Morgan fingerprint density at radius 3 is 3.05 bits per heavy atom. The van der Waals surface area contributed by atoms with Crippen LogP contribution < -0.4 is 5.32 Å². The monoisotopic (exact) mass is 373 g/mol. The van der Waals surface area contributed by atoms with Crippen molar-refractivity contribution in [2.24, 2.45) is 0 Å². The van der Waals surface area contributed by atoms with Crippen LogP contribution in [0.5, 0.6) is 0 Å². The molecule has 0 aliphatic carbocycles. The van der Waals surface area contributed by atoms with Crippen molar-refractivity contribution in [3.05, 3.63) is 42.2 Å². The Bertz CT molecular complexity index is 537. The van der Waals surface area contributed by atoms with Gasteiger partial charge >= 0.3 is 0 Å². The molecule has 1 aliphatic rings. The zero-order valence-corrected chi connectivity index (χ0v) is 14.8. The smallest absolute Gasteiger partial charge is 0.0461 e. The van der Waals surface area contributed by atoms with E-state index in [9.17, 15) is 0 Å². The molecule has 0 amide bonds. The molecular weight excluding hydrogens is 358 g/mol. The van der Waals surface area contributed by atoms with E-state index in [4.69, 9.17) is 0 Å². The zero-order valence-electron chi connectivity index (χ0n) is 10.7. The molecule has 0 fully saturated rings. The summed E-state index contributed by atoms with van der Waals surface area (Å²) in [6.07, 6.45) is 2.32. The van der Waals surface area contributed by atoms with Crippen molar-refractivity contribution in [3.63, 3.8) is 0 Å². The third kappa shape index (κ3) is 3.10. The third-order valence-electron chi connectivity index (χ3n) is 3.42. The second-order valence-corrected chi connectivity index (χ2v) is 8.77. The molecule has 1 aliphatic heterocycles. The number of rotatable bonds is 4. The van der Waals surface area contributed by atoms with Crippen LogP contribution in [0.15, 0.2) is 22.0 Å². The SMILES string of the molecule is CNC(Cc1sccc1Br)c1cc2c(s1)CCSC2. The van der Waals surface area contributed by atoms with Crippen LogP contribution in [0.4, 0.5) is 0 Å². The number of aryl methyl sites for hydroxylation is 1. The highest BCUT2D eigenvalue weighted by atomic mass is 79.9. The van der Waals surface area contributed by atoms with E-state index in [1.54, 1.807) is 10.4 Å². The minimum atomic E-state index is 0.440. The summed E-state index contributed by atoms with van der Waals surface area (Å²) >= 11 is 9.54. The molecule has 19 heavy (non-hydrogen) atoms. The molecule has 0 radical (unpaired) electrons. The largest absolute Gasteiger partial charge is 0.312 e. The number of thiophene rings is 2. The number of hydrogen-bond acceptors (Lipinski definition) is 4. The van der Waals surface area contributed by atoms with Crippen molar-refractivity contribution in [2.45, 2.75) is 24.6 Å². The molecule has 0 saturated carbocycles. The lowest BCUT2D eigenvalue weighted by molar-refractivity contribution is 0.606. The average Bonchev–Trinajstić information content (AvgIpc) is 3.02. The molecule has 0 bridgehead atoms. The Morgan fingerprint density at radius 1 is 1.47 bits per heavy atom. The van der Waals surface area contributed by atoms with Crippen molar-refractivity contribution in [2.75, 3.05) is 12.8 Å². The van der Waals surface area contributed by atoms with Gasteiger partial charge < -0.3 is 5.32 Å². The van der Waals surface area contributed by atoms with Crippen molar-refractivity contribution in [3.8, 4) is 0 Å². The van der Waals surface area contributed by atoms with Crippen molar-refractivity contribution in [1.29, 1.82) is 0 Å². The van der Waals surface area contributed by atoms with E-state index in [2.05, 4.69) is 57.6 Å². The summed E-state index contributed by atoms with van der Waals surface area (Å²) < 4.78 is 1.25. The predicted octanol–water partition coefficient (Wildman–Crippen LogP) is 4.86. The van der Waals surface area contributed by atoms with Gasteiger partial charge in [0, 0.05) is 37.3 Å². The van der Waals surface area contributed by atoms with Crippen LogP contribution >= 0.6 is 50.4 Å². The van der Waals surface area contributed by atoms with Gasteiger partial charge in [0.05, 0.1) is 0 Å². The number of halogens is 1. The lowest BCUT2D eigenvalue weighted by Crippen LogP contribution is -2.17. The summed E-state index contributed by atoms with van der Waals surface area (Å²) in [7, 11) is 2.07. The van der Waals surface area contributed by atoms with Crippen molar-refractivity contribution < 1.29 is 0 Å². The number of fused-ring (bicyclic) bond motifs is 1. The first-order valence-corrected chi connectivity index (χ1v) is 10.0. The van der Waals surface area contributed by atoms with Crippen molar-refractivity contribution >= 4 is 50.4 Å². The van der Waals surface area contributed by atoms with Crippen molar-refractivity contribution in [1.82, 2.24) is 5.32 Å². The van der Waals surface area contributed by atoms with Crippen LogP contribution in [-0.4, -0.2) is 12.8 Å². The fourth-order valence-electron chi connectivity index (χ4n) is 2.34. The number of thioether (sulfide) groups is 1. The molecule has 0 aromatic carbocycles. The van der Waals surface area contributed by atoms with E-state index in [-0.39, 0.29) is 0 Å². The first kappa shape index (κ1) is 14.1. The van der Waals surface area contributed by atoms with Gasteiger partial charge in [-0.05, 0) is 58.2 Å². The van der Waals surface area contributed by atoms with Gasteiger partial charge in [-0.2, -0.15) is 11.8 Å². The molecule has 1 unspecified atom stereocenters. The highest BCUT2D eigenvalue weighted by Gasteiger charge is 2.19. The maximum atomic E-state index is 3.64. The molecule has 2 aromatic heterocycles. The molecule has 1 nitrogen and oxygen atoms in total. The van der Waals surface area contributed by atoms with Gasteiger partial charge in [-0.3, -0.25) is 0 Å². The van der Waals surface area contributed by atoms with Gasteiger partial charge in [0.25, 0.3) is 0 Å². The normalized spacial score (nSPS) is 16.3. The van der Waals surface area contributed by atoms with E-state index in [0.717, 1.165) is 6.42 Å². The Hall–Kier alpha value is 0.190. The minimum Gasteiger partial charge on any atom is -0.312 e. The van der Waals surface area contributed by atoms with Gasteiger partial charge in [-0.15, -0.1) is 22.7 Å². The summed E-state index contributed by atoms with van der Waals surface area (Å²) in [5.41, 5.74) is 1.57. The molecule has 2 aromatic rings. The third-order valence-corrected chi connectivity index (χ3v) is 7.73. The molecule has 5 heteroatoms. The highest BCUT2D eigenvalue weighted by molar-refractivity contribution is 9.10. The standard InChI is InChI=1S/C14H16BrNS3/c1-16-11(7-13-10(15)2-5-18-13)14-6-9-8-17-4-3-12(9)19-14/h2,5-6,11,16H,3-4,7-8H2,1H3. The number of hydrogen-bond donors (Lipinski definition) is 1. The molecule has 1 atom stereocenters. The van der Waals surface area contributed by atoms with E-state index in [1.807, 2.05) is 22.7 Å². The summed E-state index contributed by atoms with van der Waals surface area (Å²) in [5, 5.41) is 5.64. The molecule has 1 N–H and O–H groups in total. The summed E-state index contributed by atoms with van der Waals surface area (Å²) in [6, 6.07) is 5.01. The molecular formula is C14H16BrNS3. The number of nitrogens with one attached hydrogen (secondary N) is 1. The second kappa shape index (κ2) is 6.31. The molecule has 0 spiro atoms. The van der Waals surface area contributed by atoms with E-state index < -0.39 is 0 Å². The quantitative estimate of drug-likeness (QED) is 0.820. The van der Waals surface area contributed by atoms with Crippen LogP contribution in [0.3, 0.4) is 0 Å². The zero-order chi connectivity index (χ0) is 13.2. The summed E-state index contributed by atoms with van der Waals surface area (Å²) in [5.74, 6) is 2.48. The topological polar surface area (TPSA) is 12.0 Å². The van der Waals surface area contributed by atoms with Gasteiger partial charge in [-0.25, -0.2) is 0 Å². The van der Waals surface area contributed by atoms with Crippen LogP contribution in [0.2, 0.25) is 0 Å². The molecule has 102 valence electrons. The van der Waals surface area contributed by atoms with Crippen LogP contribution in [0, 0.1) is 0 Å². The first-order valence-electron chi connectivity index (χ1n) is 6.36. The number of likely N-dealkylation sites (N-methyl/N-ethyl adjacent to an activating group) is 1. The van der Waals surface area contributed by atoms with E-state index in [1.165, 1.54) is 32.2 Å². The lowest BCUT2D eigenvalue weighted by atomic mass is 10.1. The van der Waals surface area contributed by atoms with Gasteiger partial charge in [-0.1, -0.05) is 0 Å². The molecule has 0 saturated heterocycles. The Morgan fingerprint density at radius 2 is 2.37 bits per heavy atom. The minimum absolute atomic E-state index is 0.440. The average molecular weight is 374 g/mol. The maximum absolute atomic E-state index is 3.64. The molecule has 3 heterocycles. The summed E-state index contributed by atoms with van der Waals surface area (Å²) in [4.78, 5) is 4.54. The fourth-order valence-corrected chi connectivity index (χ4v) is 6.39. The van der Waals surface area contributed by atoms with Gasteiger partial charge in [0.1, 0.15) is 0 Å². The van der Waals surface area contributed by atoms with Crippen LogP contribution in [-0.2, 0) is 18.6 Å². The predicted molar refractivity (Wildman–Crippen MR) is 91.7 cm³/mol. The maximum Gasteiger partial charge on any atom is 0.0461 e. The second-order valence-electron chi connectivity index (χ2n) is 4.64. The van der Waals surface area contributed by atoms with E-state index >= 15 is 0 Å². The Balaban J connectivity index is 1.82. The van der Waals surface area contributed by atoms with Crippen LogP contribution in [0.25, 0.3) is 0 Å². The van der Waals surface area contributed by atoms with Gasteiger partial charge in [0.15, 0.2) is 0 Å². The molecule has 3 rings (SSSR count). The van der Waals surface area contributed by atoms with Gasteiger partial charge in [0.2, 0.25) is 0 Å². The fraction of sp³-hybridized carbons (Fsp3) is 0.429. The highest BCUT2D eigenvalue weighted by Crippen LogP contribution is 2.36. The van der Waals surface area contributed by atoms with E-state index in [0.29, 0.717) is 6.04 Å².